The van der Waals surface area contributed by atoms with Gasteiger partial charge in [0, 0.05) is 23.6 Å². The van der Waals surface area contributed by atoms with E-state index in [1.807, 2.05) is 18.2 Å². The molecule has 0 N–H and O–H groups in total. The van der Waals surface area contributed by atoms with E-state index in [1.54, 1.807) is 20.3 Å². The van der Waals surface area contributed by atoms with Gasteiger partial charge in [-0.25, -0.2) is 4.79 Å². The SMILES string of the molecule is COc1cccc(C=CC(=O)OC[C@H]2CCCN3CCCC[C@H]23)c1OC. The highest BCUT2D eigenvalue weighted by atomic mass is 16.5. The molecule has 0 aromatic heterocycles. The van der Waals surface area contributed by atoms with E-state index in [4.69, 9.17) is 14.2 Å². The lowest BCUT2D eigenvalue weighted by Gasteiger charge is -2.44. The maximum absolute atomic E-state index is 12.2. The normalized spacial score (nSPS) is 23.5. The molecule has 0 saturated carbocycles. The zero-order valence-corrected chi connectivity index (χ0v) is 15.8. The molecule has 1 aromatic rings. The van der Waals surface area contributed by atoms with Gasteiger partial charge in [-0.2, -0.15) is 0 Å². The molecule has 3 rings (SSSR count). The average molecular weight is 359 g/mol. The molecule has 0 aliphatic carbocycles. The van der Waals surface area contributed by atoms with Crippen molar-refractivity contribution in [1.82, 2.24) is 4.90 Å². The van der Waals surface area contributed by atoms with Crippen molar-refractivity contribution in [2.75, 3.05) is 33.9 Å². The van der Waals surface area contributed by atoms with E-state index in [9.17, 15) is 4.79 Å². The molecule has 0 bridgehead atoms. The quantitative estimate of drug-likeness (QED) is 0.574. The topological polar surface area (TPSA) is 48.0 Å². The molecule has 2 fully saturated rings. The minimum Gasteiger partial charge on any atom is -0.493 e. The first kappa shape index (κ1) is 18.8. The van der Waals surface area contributed by atoms with Gasteiger partial charge in [0.25, 0.3) is 0 Å². The van der Waals surface area contributed by atoms with Crippen molar-refractivity contribution >= 4 is 12.0 Å². The minimum absolute atomic E-state index is 0.303. The van der Waals surface area contributed by atoms with Crippen LogP contribution in [0.15, 0.2) is 24.3 Å². The van der Waals surface area contributed by atoms with Crippen LogP contribution in [0.4, 0.5) is 0 Å². The largest absolute Gasteiger partial charge is 0.493 e. The number of carbonyl (C=O) groups is 1. The fourth-order valence-corrected chi connectivity index (χ4v) is 4.21. The van der Waals surface area contributed by atoms with E-state index in [1.165, 1.54) is 44.8 Å². The predicted octanol–water partition coefficient (Wildman–Crippen LogP) is 3.52. The van der Waals surface area contributed by atoms with Gasteiger partial charge in [0.2, 0.25) is 0 Å². The monoisotopic (exact) mass is 359 g/mol. The summed E-state index contributed by atoms with van der Waals surface area (Å²) in [6.45, 7) is 2.91. The van der Waals surface area contributed by atoms with Crippen LogP contribution < -0.4 is 9.47 Å². The molecule has 0 unspecified atom stereocenters. The number of piperidine rings is 2. The van der Waals surface area contributed by atoms with Gasteiger partial charge in [-0.3, -0.25) is 4.90 Å². The lowest BCUT2D eigenvalue weighted by atomic mass is 9.84. The number of hydrogen-bond donors (Lipinski definition) is 0. The van der Waals surface area contributed by atoms with Crippen LogP contribution in [0.3, 0.4) is 0 Å². The van der Waals surface area contributed by atoms with Gasteiger partial charge in [-0.1, -0.05) is 18.6 Å². The number of methoxy groups -OCH3 is 2. The van der Waals surface area contributed by atoms with Crippen LogP contribution in [0.1, 0.15) is 37.7 Å². The zero-order valence-electron chi connectivity index (χ0n) is 15.8. The van der Waals surface area contributed by atoms with Crippen LogP contribution >= 0.6 is 0 Å². The van der Waals surface area contributed by atoms with Gasteiger partial charge in [0.05, 0.1) is 20.8 Å². The van der Waals surface area contributed by atoms with E-state index in [0.717, 1.165) is 12.0 Å². The predicted molar refractivity (Wildman–Crippen MR) is 101 cm³/mol. The number of para-hydroxylation sites is 1. The molecule has 0 amide bonds. The number of benzene rings is 1. The van der Waals surface area contributed by atoms with Gasteiger partial charge in [0.15, 0.2) is 11.5 Å². The summed E-state index contributed by atoms with van der Waals surface area (Å²) in [4.78, 5) is 14.8. The Hall–Kier alpha value is -2.01. The van der Waals surface area contributed by atoms with E-state index in [2.05, 4.69) is 4.90 Å². The van der Waals surface area contributed by atoms with E-state index >= 15 is 0 Å². The second-order valence-electron chi connectivity index (χ2n) is 7.05. The summed E-state index contributed by atoms with van der Waals surface area (Å²) in [6, 6.07) is 6.17. The number of nitrogens with zero attached hydrogens (tertiary/aromatic N) is 1. The molecule has 2 saturated heterocycles. The molecule has 1 aromatic carbocycles. The Bertz CT molecular complexity index is 641. The fraction of sp³-hybridized carbons (Fsp3) is 0.571. The highest BCUT2D eigenvalue weighted by Gasteiger charge is 2.33. The van der Waals surface area contributed by atoms with E-state index < -0.39 is 0 Å². The maximum atomic E-state index is 12.2. The number of rotatable bonds is 6. The van der Waals surface area contributed by atoms with Gasteiger partial charge >= 0.3 is 5.97 Å². The van der Waals surface area contributed by atoms with Crippen molar-refractivity contribution in [1.29, 1.82) is 0 Å². The first-order valence-corrected chi connectivity index (χ1v) is 9.53. The van der Waals surface area contributed by atoms with Crippen molar-refractivity contribution in [3.8, 4) is 11.5 Å². The second kappa shape index (κ2) is 9.08. The summed E-state index contributed by atoms with van der Waals surface area (Å²) < 4.78 is 16.2. The zero-order chi connectivity index (χ0) is 18.4. The molecule has 2 aliphatic heterocycles. The molecule has 0 radical (unpaired) electrons. The summed E-state index contributed by atoms with van der Waals surface area (Å²) in [6.07, 6.45) is 9.38. The standard InChI is InChI=1S/C21H29NO4/c1-24-19-10-5-7-16(21(19)25-2)11-12-20(23)26-15-17-8-6-14-22-13-4-3-9-18(17)22/h5,7,10-12,17-18H,3-4,6,8-9,13-15H2,1-2H3/t17-,18-/m1/s1. The first-order valence-electron chi connectivity index (χ1n) is 9.53. The highest BCUT2D eigenvalue weighted by molar-refractivity contribution is 5.87. The van der Waals surface area contributed by atoms with Crippen molar-refractivity contribution in [3.63, 3.8) is 0 Å². The van der Waals surface area contributed by atoms with Crippen LogP contribution in [0.5, 0.6) is 11.5 Å². The molecule has 5 heteroatoms. The van der Waals surface area contributed by atoms with Crippen molar-refractivity contribution in [2.45, 2.75) is 38.1 Å². The third kappa shape index (κ3) is 4.39. The van der Waals surface area contributed by atoms with Crippen LogP contribution in [0, 0.1) is 5.92 Å². The van der Waals surface area contributed by atoms with Crippen LogP contribution in [0.25, 0.3) is 6.08 Å². The number of ether oxygens (including phenoxy) is 3. The molecule has 142 valence electrons. The second-order valence-corrected chi connectivity index (χ2v) is 7.05. The third-order valence-electron chi connectivity index (χ3n) is 5.50. The van der Waals surface area contributed by atoms with Gasteiger partial charge in [0.1, 0.15) is 0 Å². The Morgan fingerprint density at radius 2 is 2.00 bits per heavy atom. The van der Waals surface area contributed by atoms with Crippen molar-refractivity contribution in [2.24, 2.45) is 5.92 Å². The molecular formula is C21H29NO4. The number of esters is 1. The molecule has 2 aliphatic rings. The third-order valence-corrected chi connectivity index (χ3v) is 5.50. The van der Waals surface area contributed by atoms with E-state index in [0.29, 0.717) is 30.1 Å². The molecule has 2 heterocycles. The van der Waals surface area contributed by atoms with Gasteiger partial charge in [-0.05, 0) is 50.9 Å². The molecular weight excluding hydrogens is 330 g/mol. The smallest absolute Gasteiger partial charge is 0.330 e. The van der Waals surface area contributed by atoms with Crippen molar-refractivity contribution < 1.29 is 19.0 Å². The van der Waals surface area contributed by atoms with Crippen LogP contribution in [-0.4, -0.2) is 50.8 Å². The Kier molecular flexibility index (Phi) is 6.56. The summed E-state index contributed by atoms with van der Waals surface area (Å²) in [5.41, 5.74) is 0.792. The molecule has 2 atom stereocenters. The Morgan fingerprint density at radius 1 is 1.15 bits per heavy atom. The Morgan fingerprint density at radius 3 is 2.81 bits per heavy atom. The van der Waals surface area contributed by atoms with E-state index in [-0.39, 0.29) is 5.97 Å². The Balaban J connectivity index is 1.56. The number of hydrogen-bond acceptors (Lipinski definition) is 5. The molecule has 26 heavy (non-hydrogen) atoms. The van der Waals surface area contributed by atoms with Crippen molar-refractivity contribution in [3.05, 3.63) is 29.8 Å². The van der Waals surface area contributed by atoms with Crippen LogP contribution in [0.2, 0.25) is 0 Å². The summed E-state index contributed by atoms with van der Waals surface area (Å²) in [7, 11) is 3.19. The number of carbonyl (C=O) groups excluding carboxylic acids is 1. The summed E-state index contributed by atoms with van der Waals surface area (Å²) in [5.74, 6) is 1.42. The molecule has 0 spiro atoms. The maximum Gasteiger partial charge on any atom is 0.330 e. The summed E-state index contributed by atoms with van der Waals surface area (Å²) >= 11 is 0. The first-order chi connectivity index (χ1) is 12.7. The Labute approximate surface area is 155 Å². The average Bonchev–Trinajstić information content (AvgIpc) is 2.70. The minimum atomic E-state index is -0.303. The van der Waals surface area contributed by atoms with Gasteiger partial charge < -0.3 is 14.2 Å². The fourth-order valence-electron chi connectivity index (χ4n) is 4.21. The molecule has 5 nitrogen and oxygen atoms in total. The van der Waals surface area contributed by atoms with Gasteiger partial charge in [-0.15, -0.1) is 0 Å². The van der Waals surface area contributed by atoms with Crippen LogP contribution in [-0.2, 0) is 9.53 Å². The lowest BCUT2D eigenvalue weighted by molar-refractivity contribution is -0.140. The summed E-state index contributed by atoms with van der Waals surface area (Å²) in [5, 5.41) is 0. The highest BCUT2D eigenvalue weighted by Crippen LogP contribution is 2.32. The lowest BCUT2D eigenvalue weighted by Crippen LogP contribution is -2.49. The number of fused-ring (bicyclic) bond motifs is 1.